The molecule has 0 spiro atoms. The van der Waals surface area contributed by atoms with Gasteiger partial charge >= 0.3 is 11.8 Å². The number of nitrogens with zero attached hydrogens (tertiary/aromatic N) is 3. The Morgan fingerprint density at radius 2 is 1.81 bits per heavy atom. The van der Waals surface area contributed by atoms with Crippen molar-refractivity contribution in [2.75, 3.05) is 42.9 Å². The maximum absolute atomic E-state index is 13.3. The van der Waals surface area contributed by atoms with Crippen molar-refractivity contribution in [2.45, 2.75) is 13.0 Å². The van der Waals surface area contributed by atoms with Crippen molar-refractivity contribution in [3.8, 4) is 0 Å². The first-order valence-electron chi connectivity index (χ1n) is 11.4. The van der Waals surface area contributed by atoms with Gasteiger partial charge in [-0.15, -0.1) is 0 Å². The van der Waals surface area contributed by atoms with Crippen molar-refractivity contribution in [1.29, 1.82) is 0 Å². The number of carbonyl (C=O) groups is 2. The van der Waals surface area contributed by atoms with E-state index in [1.54, 1.807) is 31.4 Å². The number of hydrogen-bond donors (Lipinski definition) is 2. The van der Waals surface area contributed by atoms with Crippen LogP contribution in [0, 0.1) is 22.9 Å². The van der Waals surface area contributed by atoms with Crippen LogP contribution in [0.4, 0.5) is 21.5 Å². The van der Waals surface area contributed by atoms with Crippen LogP contribution in [-0.4, -0.2) is 54.4 Å². The molecule has 1 aromatic heterocycles. The van der Waals surface area contributed by atoms with Crippen LogP contribution in [0.3, 0.4) is 0 Å². The van der Waals surface area contributed by atoms with E-state index in [1.807, 2.05) is 6.07 Å². The number of halogens is 1. The number of rotatable bonds is 7. The van der Waals surface area contributed by atoms with Gasteiger partial charge in [0.2, 0.25) is 0 Å². The lowest BCUT2D eigenvalue weighted by Gasteiger charge is -2.39. The highest BCUT2D eigenvalue weighted by molar-refractivity contribution is 6.39. The lowest BCUT2D eigenvalue weighted by molar-refractivity contribution is -0.384. The predicted molar refractivity (Wildman–Crippen MR) is 131 cm³/mol. The van der Waals surface area contributed by atoms with E-state index in [0.29, 0.717) is 37.5 Å². The second-order valence-corrected chi connectivity index (χ2v) is 8.45. The molecule has 2 heterocycles. The monoisotopic (exact) mass is 495 g/mol. The summed E-state index contributed by atoms with van der Waals surface area (Å²) in [6.07, 6.45) is 1.55. The zero-order chi connectivity index (χ0) is 25.7. The first-order chi connectivity index (χ1) is 17.3. The minimum atomic E-state index is -0.919. The molecule has 1 saturated heterocycles. The van der Waals surface area contributed by atoms with Crippen LogP contribution in [0.2, 0.25) is 0 Å². The highest BCUT2D eigenvalue weighted by atomic mass is 19.1. The normalized spacial score (nSPS) is 14.8. The van der Waals surface area contributed by atoms with Crippen LogP contribution >= 0.6 is 0 Å². The third-order valence-corrected chi connectivity index (χ3v) is 6.16. The number of aryl methyl sites for hydroxylation is 1. The highest BCUT2D eigenvalue weighted by Gasteiger charge is 2.28. The maximum Gasteiger partial charge on any atom is 0.313 e. The number of amides is 2. The summed E-state index contributed by atoms with van der Waals surface area (Å²) in [5.41, 5.74) is 1.54. The fourth-order valence-corrected chi connectivity index (χ4v) is 4.14. The Balaban J connectivity index is 1.37. The molecule has 3 aromatic rings. The van der Waals surface area contributed by atoms with Crippen molar-refractivity contribution in [3.05, 3.63) is 88.1 Å². The van der Waals surface area contributed by atoms with Gasteiger partial charge in [0, 0.05) is 50.5 Å². The number of piperazine rings is 1. The number of nitrogens with one attached hydrogen (secondary N) is 2. The van der Waals surface area contributed by atoms with E-state index in [1.165, 1.54) is 30.3 Å². The topological polar surface area (TPSA) is 121 Å². The molecule has 2 amide bonds. The molecule has 11 heteroatoms. The van der Waals surface area contributed by atoms with E-state index < -0.39 is 16.7 Å². The number of non-ortho nitro benzene ring substituents is 1. The van der Waals surface area contributed by atoms with E-state index in [9.17, 15) is 24.1 Å². The van der Waals surface area contributed by atoms with Gasteiger partial charge in [-0.05, 0) is 48.9 Å². The number of carbonyl (C=O) groups excluding carboxylic acids is 2. The number of hydrogen-bond acceptors (Lipinski definition) is 7. The van der Waals surface area contributed by atoms with Crippen LogP contribution in [0.1, 0.15) is 17.4 Å². The second kappa shape index (κ2) is 11.0. The number of nitro groups is 1. The van der Waals surface area contributed by atoms with Crippen molar-refractivity contribution in [1.82, 2.24) is 10.2 Å². The average Bonchev–Trinajstić information content (AvgIpc) is 3.41. The molecular formula is C25H26FN5O5. The van der Waals surface area contributed by atoms with Gasteiger partial charge in [-0.2, -0.15) is 0 Å². The Hall–Kier alpha value is -4.25. The van der Waals surface area contributed by atoms with Crippen molar-refractivity contribution in [3.63, 3.8) is 0 Å². The van der Waals surface area contributed by atoms with Gasteiger partial charge in [-0.3, -0.25) is 24.6 Å². The minimum absolute atomic E-state index is 0.129. The van der Waals surface area contributed by atoms with Gasteiger partial charge in [0.15, 0.2) is 0 Å². The number of benzene rings is 2. The molecular weight excluding hydrogens is 469 g/mol. The first kappa shape index (κ1) is 24.9. The molecule has 0 aliphatic carbocycles. The summed E-state index contributed by atoms with van der Waals surface area (Å²) < 4.78 is 18.9. The van der Waals surface area contributed by atoms with E-state index in [4.69, 9.17) is 4.42 Å². The quantitative estimate of drug-likeness (QED) is 0.293. The third kappa shape index (κ3) is 5.87. The number of anilines is 2. The van der Waals surface area contributed by atoms with Crippen LogP contribution in [0.25, 0.3) is 0 Å². The van der Waals surface area contributed by atoms with Crippen molar-refractivity contribution < 1.29 is 23.3 Å². The third-order valence-electron chi connectivity index (χ3n) is 6.16. The standard InChI is InChI=1S/C25H26FN5O5/c1-17-4-7-20(31(34)35)15-21(17)28-25(33)24(32)27-16-22(23-3-2-14-36-23)30-12-10-29(11-13-30)19-8-5-18(26)6-9-19/h2-9,14-15,22H,10-13,16H2,1H3,(H,27,32)(H,28,33). The molecule has 2 aromatic carbocycles. The summed E-state index contributed by atoms with van der Waals surface area (Å²) in [5, 5.41) is 16.1. The summed E-state index contributed by atoms with van der Waals surface area (Å²) in [6, 6.07) is 13.7. The van der Waals surface area contributed by atoms with E-state index in [-0.39, 0.29) is 29.8 Å². The van der Waals surface area contributed by atoms with Gasteiger partial charge in [0.05, 0.1) is 22.9 Å². The molecule has 1 atom stereocenters. The number of furan rings is 1. The fraction of sp³-hybridized carbons (Fsp3) is 0.280. The summed E-state index contributed by atoms with van der Waals surface area (Å²) in [5.74, 6) is -1.41. The van der Waals surface area contributed by atoms with Crippen LogP contribution in [0.15, 0.2) is 65.3 Å². The first-order valence-corrected chi connectivity index (χ1v) is 11.4. The molecule has 10 nitrogen and oxygen atoms in total. The Bertz CT molecular complexity index is 1220. The average molecular weight is 496 g/mol. The molecule has 0 saturated carbocycles. The number of nitro benzene ring substituents is 1. The molecule has 4 rings (SSSR count). The van der Waals surface area contributed by atoms with Gasteiger partial charge in [-0.1, -0.05) is 6.07 Å². The highest BCUT2D eigenvalue weighted by Crippen LogP contribution is 2.25. The molecule has 1 aliphatic heterocycles. The predicted octanol–water partition coefficient (Wildman–Crippen LogP) is 3.25. The van der Waals surface area contributed by atoms with Crippen molar-refractivity contribution >= 4 is 28.9 Å². The summed E-state index contributed by atoms with van der Waals surface area (Å²) >= 11 is 0. The molecule has 1 fully saturated rings. The molecule has 0 bridgehead atoms. The lowest BCUT2D eigenvalue weighted by Crippen LogP contribution is -2.50. The van der Waals surface area contributed by atoms with Gasteiger partial charge in [0.25, 0.3) is 5.69 Å². The minimum Gasteiger partial charge on any atom is -0.468 e. The molecule has 1 aliphatic rings. The van der Waals surface area contributed by atoms with E-state index >= 15 is 0 Å². The van der Waals surface area contributed by atoms with Crippen LogP contribution < -0.4 is 15.5 Å². The zero-order valence-corrected chi connectivity index (χ0v) is 19.6. The lowest BCUT2D eigenvalue weighted by atomic mass is 10.1. The van der Waals surface area contributed by atoms with E-state index in [0.717, 1.165) is 5.69 Å². The summed E-state index contributed by atoms with van der Waals surface area (Å²) in [4.78, 5) is 39.8. The Morgan fingerprint density at radius 3 is 2.44 bits per heavy atom. The Kier molecular flexibility index (Phi) is 7.59. The summed E-state index contributed by atoms with van der Waals surface area (Å²) in [7, 11) is 0. The van der Waals surface area contributed by atoms with Crippen molar-refractivity contribution in [2.24, 2.45) is 0 Å². The molecule has 188 valence electrons. The van der Waals surface area contributed by atoms with Gasteiger partial charge < -0.3 is 20.0 Å². The molecule has 2 N–H and O–H groups in total. The van der Waals surface area contributed by atoms with Gasteiger partial charge in [-0.25, -0.2) is 4.39 Å². The van der Waals surface area contributed by atoms with Crippen LogP contribution in [0.5, 0.6) is 0 Å². The second-order valence-electron chi connectivity index (χ2n) is 8.45. The summed E-state index contributed by atoms with van der Waals surface area (Å²) in [6.45, 7) is 4.53. The van der Waals surface area contributed by atoms with E-state index in [2.05, 4.69) is 20.4 Å². The Labute approximate surface area is 206 Å². The van der Waals surface area contributed by atoms with Crippen LogP contribution in [-0.2, 0) is 9.59 Å². The Morgan fingerprint density at radius 1 is 1.08 bits per heavy atom. The zero-order valence-electron chi connectivity index (χ0n) is 19.6. The molecule has 1 unspecified atom stereocenters. The molecule has 36 heavy (non-hydrogen) atoms. The SMILES string of the molecule is Cc1ccc([N+](=O)[O-])cc1NC(=O)C(=O)NCC(c1ccco1)N1CCN(c2ccc(F)cc2)CC1. The largest absolute Gasteiger partial charge is 0.468 e. The van der Waals surface area contributed by atoms with Gasteiger partial charge in [0.1, 0.15) is 11.6 Å². The smallest absolute Gasteiger partial charge is 0.313 e. The fourth-order valence-electron chi connectivity index (χ4n) is 4.14. The maximum atomic E-state index is 13.3. The molecule has 0 radical (unpaired) electrons.